The van der Waals surface area contributed by atoms with E-state index >= 15 is 0 Å². The molecule has 2 aromatic heterocycles. The van der Waals surface area contributed by atoms with Crippen LogP contribution in [-0.2, 0) is 27.7 Å². The van der Waals surface area contributed by atoms with Crippen LogP contribution in [0.25, 0.3) is 0 Å². The molecule has 0 radical (unpaired) electrons. The molecule has 4 atom stereocenters. The zero-order chi connectivity index (χ0) is 31.2. The maximum Gasteiger partial charge on any atom is 0.254 e. The van der Waals surface area contributed by atoms with E-state index in [2.05, 4.69) is 16.4 Å². The largest absolute Gasteiger partial charge is 0.357 e. The average molecular weight is 636 g/mol. The fourth-order valence-corrected chi connectivity index (χ4v) is 8.89. The molecule has 9 nitrogen and oxygen atoms in total. The summed E-state index contributed by atoms with van der Waals surface area (Å²) in [4.78, 5) is 34.4. The predicted octanol–water partition coefficient (Wildman–Crippen LogP) is 4.01. The number of nitrogens with one attached hydrogen (secondary N) is 1. The van der Waals surface area contributed by atoms with Gasteiger partial charge >= 0.3 is 0 Å². The normalized spacial score (nSPS) is 25.1. The molecule has 1 saturated carbocycles. The Bertz CT molecular complexity index is 1910. The first-order valence-electron chi connectivity index (χ1n) is 14.6. The molecule has 226 valence electrons. The molecule has 4 heterocycles. The molecule has 1 N–H and O–H groups in total. The summed E-state index contributed by atoms with van der Waals surface area (Å²) in [5, 5.41) is 16.7. The number of pyridine rings is 1. The summed E-state index contributed by atoms with van der Waals surface area (Å²) in [5.74, 6) is -0.132. The Hall–Kier alpha value is -4.63. The minimum atomic E-state index is -3.66. The number of amides is 1. The van der Waals surface area contributed by atoms with Gasteiger partial charge in [0.15, 0.2) is 5.78 Å². The first-order valence-corrected chi connectivity index (χ1v) is 17.0. The third kappa shape index (κ3) is 5.35. The van der Waals surface area contributed by atoms with Gasteiger partial charge in [-0.15, -0.1) is 0 Å². The summed E-state index contributed by atoms with van der Waals surface area (Å²) in [6.45, 7) is 0.601. The van der Waals surface area contributed by atoms with Crippen LogP contribution >= 0.6 is 11.3 Å². The van der Waals surface area contributed by atoms with Crippen molar-refractivity contribution in [2.75, 3.05) is 13.1 Å². The summed E-state index contributed by atoms with van der Waals surface area (Å²) in [6, 6.07) is 22.4. The monoisotopic (exact) mass is 635 g/mol. The van der Waals surface area contributed by atoms with Crippen LogP contribution in [0.4, 0.5) is 0 Å². The van der Waals surface area contributed by atoms with Gasteiger partial charge in [-0.05, 0) is 76.5 Å². The fourth-order valence-electron chi connectivity index (χ4n) is 6.69. The molecular formula is C34H29N5O4S2. The van der Waals surface area contributed by atoms with E-state index in [4.69, 9.17) is 0 Å². The second-order valence-electron chi connectivity index (χ2n) is 11.8. The second kappa shape index (κ2) is 11.4. The lowest BCUT2D eigenvalue weighted by atomic mass is 9.85. The first kappa shape index (κ1) is 29.1. The summed E-state index contributed by atoms with van der Waals surface area (Å²) in [6.07, 6.45) is 5.65. The highest BCUT2D eigenvalue weighted by Gasteiger charge is 2.65. The van der Waals surface area contributed by atoms with Crippen LogP contribution in [0.15, 0.2) is 113 Å². The Morgan fingerprint density at radius 3 is 2.33 bits per heavy atom. The number of piperidine rings is 1. The molecule has 45 heavy (non-hydrogen) atoms. The van der Waals surface area contributed by atoms with E-state index in [-0.39, 0.29) is 34.5 Å². The van der Waals surface area contributed by atoms with Gasteiger partial charge < -0.3 is 5.32 Å². The predicted molar refractivity (Wildman–Crippen MR) is 168 cm³/mol. The van der Waals surface area contributed by atoms with Crippen LogP contribution in [0, 0.1) is 23.2 Å². The maximum atomic E-state index is 14.7. The number of thiophene rings is 1. The van der Waals surface area contributed by atoms with E-state index in [1.54, 1.807) is 83.2 Å². The number of allylic oxidation sites excluding steroid dienone is 1. The molecule has 2 aromatic carbocycles. The van der Waals surface area contributed by atoms with E-state index in [9.17, 15) is 23.3 Å². The van der Waals surface area contributed by atoms with Gasteiger partial charge in [0, 0.05) is 67.8 Å². The van der Waals surface area contributed by atoms with Crippen LogP contribution in [0.3, 0.4) is 0 Å². The number of ketones is 1. The zero-order valence-electron chi connectivity index (χ0n) is 24.1. The highest BCUT2D eigenvalue weighted by atomic mass is 32.2. The standard InChI is InChI=1S/C34H29N5O4S2/c35-19-24-6-8-26(9-7-24)30(40)16-31-37-34(18-25-12-15-44-22-25,17-23-10-13-36-14-11-23)33(41)39(31)32-28-20-38(21-29(28)32)45(42,43)27-4-2-1-3-5-27/h1-16,22,28-29,32,37H,17-18,20-21H2/t28-,29+,32?,34?. The number of hydrogen-bond acceptors (Lipinski definition) is 8. The van der Waals surface area contributed by atoms with Crippen molar-refractivity contribution in [1.82, 2.24) is 19.5 Å². The van der Waals surface area contributed by atoms with E-state index in [1.165, 1.54) is 10.4 Å². The Morgan fingerprint density at radius 2 is 1.69 bits per heavy atom. The SMILES string of the molecule is N#Cc1ccc(C(=O)C=C2NC(Cc3ccncc3)(Cc3ccsc3)C(=O)N2C2[C@H]3CN(S(=O)(=O)c4ccccc4)C[C@@H]23)cc1. The first-order chi connectivity index (χ1) is 21.8. The number of carbonyl (C=O) groups is 2. The minimum absolute atomic E-state index is 0.0551. The Labute approximate surface area is 265 Å². The quantitative estimate of drug-likeness (QED) is 0.218. The molecule has 3 fully saturated rings. The molecule has 2 aliphatic heterocycles. The van der Waals surface area contributed by atoms with Crippen LogP contribution < -0.4 is 5.32 Å². The number of hydrogen-bond donors (Lipinski definition) is 1. The molecule has 3 aliphatic rings. The van der Waals surface area contributed by atoms with Crippen molar-refractivity contribution in [3.05, 3.63) is 130 Å². The molecule has 11 heteroatoms. The van der Waals surface area contributed by atoms with Gasteiger partial charge in [0.1, 0.15) is 11.4 Å². The summed E-state index contributed by atoms with van der Waals surface area (Å²) in [7, 11) is -3.66. The number of rotatable bonds is 9. The minimum Gasteiger partial charge on any atom is -0.357 e. The lowest BCUT2D eigenvalue weighted by molar-refractivity contribution is -0.132. The van der Waals surface area contributed by atoms with Crippen molar-refractivity contribution in [3.8, 4) is 6.07 Å². The lowest BCUT2D eigenvalue weighted by Gasteiger charge is -2.28. The zero-order valence-corrected chi connectivity index (χ0v) is 25.7. The van der Waals surface area contributed by atoms with Gasteiger partial charge in [0.05, 0.1) is 16.5 Å². The van der Waals surface area contributed by atoms with Gasteiger partial charge in [-0.2, -0.15) is 20.9 Å². The van der Waals surface area contributed by atoms with Crippen molar-refractivity contribution >= 4 is 33.1 Å². The van der Waals surface area contributed by atoms with Gasteiger partial charge in [-0.3, -0.25) is 19.5 Å². The Kier molecular flexibility index (Phi) is 7.36. The van der Waals surface area contributed by atoms with Crippen molar-refractivity contribution in [3.63, 3.8) is 0 Å². The molecule has 2 unspecified atom stereocenters. The number of nitrogens with zero attached hydrogens (tertiary/aromatic N) is 4. The fraction of sp³-hybridized carbons (Fsp3) is 0.235. The van der Waals surface area contributed by atoms with Crippen LogP contribution in [0.5, 0.6) is 0 Å². The highest BCUT2D eigenvalue weighted by Crippen LogP contribution is 2.53. The number of carbonyl (C=O) groups excluding carboxylic acids is 2. The highest BCUT2D eigenvalue weighted by molar-refractivity contribution is 7.89. The van der Waals surface area contributed by atoms with Gasteiger partial charge in [0.25, 0.3) is 5.91 Å². The van der Waals surface area contributed by atoms with Crippen LogP contribution in [-0.4, -0.2) is 59.0 Å². The molecule has 2 saturated heterocycles. The molecule has 1 aliphatic carbocycles. The topological polar surface area (TPSA) is 123 Å². The van der Waals surface area contributed by atoms with Crippen LogP contribution in [0.1, 0.15) is 27.0 Å². The molecule has 0 bridgehead atoms. The van der Waals surface area contributed by atoms with Gasteiger partial charge in [-0.1, -0.05) is 18.2 Å². The van der Waals surface area contributed by atoms with E-state index in [0.717, 1.165) is 11.1 Å². The molecule has 0 spiro atoms. The molecular weight excluding hydrogens is 607 g/mol. The molecule has 7 rings (SSSR count). The maximum absolute atomic E-state index is 14.7. The number of aromatic nitrogens is 1. The third-order valence-corrected chi connectivity index (χ3v) is 11.5. The lowest BCUT2D eigenvalue weighted by Crippen LogP contribution is -2.51. The Morgan fingerprint density at radius 1 is 1.00 bits per heavy atom. The smallest absolute Gasteiger partial charge is 0.254 e. The van der Waals surface area contributed by atoms with Crippen molar-refractivity contribution in [2.45, 2.75) is 29.3 Å². The molecule has 1 amide bonds. The molecule has 4 aromatic rings. The number of fused-ring (bicyclic) bond motifs is 1. The van der Waals surface area contributed by atoms with Crippen LogP contribution in [0.2, 0.25) is 0 Å². The third-order valence-electron chi connectivity index (χ3n) is 8.96. The summed E-state index contributed by atoms with van der Waals surface area (Å²) < 4.78 is 28.2. The van der Waals surface area contributed by atoms with Gasteiger partial charge in [0.2, 0.25) is 10.0 Å². The van der Waals surface area contributed by atoms with E-state index in [0.29, 0.717) is 42.9 Å². The van der Waals surface area contributed by atoms with Crippen molar-refractivity contribution in [1.29, 1.82) is 5.26 Å². The second-order valence-corrected chi connectivity index (χ2v) is 14.5. The summed E-state index contributed by atoms with van der Waals surface area (Å²) in [5.41, 5.74) is 1.72. The van der Waals surface area contributed by atoms with E-state index < -0.39 is 15.6 Å². The van der Waals surface area contributed by atoms with Crippen molar-refractivity contribution < 1.29 is 18.0 Å². The number of sulfonamides is 1. The van der Waals surface area contributed by atoms with Crippen molar-refractivity contribution in [2.24, 2.45) is 11.8 Å². The van der Waals surface area contributed by atoms with E-state index in [1.807, 2.05) is 29.0 Å². The average Bonchev–Trinajstić information content (AvgIpc) is 3.44. The number of benzene rings is 2. The Balaban J connectivity index is 1.23. The number of nitriles is 1. The summed E-state index contributed by atoms with van der Waals surface area (Å²) >= 11 is 1.56. The van der Waals surface area contributed by atoms with Gasteiger partial charge in [-0.25, -0.2) is 8.42 Å².